The Morgan fingerprint density at radius 2 is 1.90 bits per heavy atom. The summed E-state index contributed by atoms with van der Waals surface area (Å²) in [6.45, 7) is 1.65. The van der Waals surface area contributed by atoms with Gasteiger partial charge in [-0.25, -0.2) is 4.79 Å². The van der Waals surface area contributed by atoms with E-state index in [0.29, 0.717) is 11.4 Å². The SMILES string of the molecule is COC(=O)c1c(Cl)cc(=O)n(-c2ccc(Br)cc2)c1C. The van der Waals surface area contributed by atoms with Crippen molar-refractivity contribution in [2.75, 3.05) is 7.11 Å². The molecule has 0 atom stereocenters. The second-order valence-electron chi connectivity index (χ2n) is 4.09. The number of carbonyl (C=O) groups is 1. The zero-order valence-corrected chi connectivity index (χ0v) is 13.2. The van der Waals surface area contributed by atoms with Crippen molar-refractivity contribution in [1.29, 1.82) is 0 Å². The van der Waals surface area contributed by atoms with Gasteiger partial charge in [-0.05, 0) is 31.2 Å². The lowest BCUT2D eigenvalue weighted by atomic mass is 10.2. The summed E-state index contributed by atoms with van der Waals surface area (Å²) >= 11 is 9.30. The molecule has 6 heteroatoms. The number of aromatic nitrogens is 1. The summed E-state index contributed by atoms with van der Waals surface area (Å²) in [6, 6.07) is 8.38. The van der Waals surface area contributed by atoms with Gasteiger partial charge in [0.05, 0.1) is 17.7 Å². The van der Waals surface area contributed by atoms with Crippen molar-refractivity contribution in [3.8, 4) is 5.69 Å². The first-order valence-electron chi connectivity index (χ1n) is 5.72. The van der Waals surface area contributed by atoms with E-state index in [2.05, 4.69) is 15.9 Å². The van der Waals surface area contributed by atoms with Gasteiger partial charge in [-0.2, -0.15) is 0 Å². The molecule has 2 rings (SSSR count). The van der Waals surface area contributed by atoms with Crippen LogP contribution < -0.4 is 5.56 Å². The molecule has 0 radical (unpaired) electrons. The molecule has 0 N–H and O–H groups in total. The van der Waals surface area contributed by atoms with Crippen molar-refractivity contribution in [3.63, 3.8) is 0 Å². The Balaban J connectivity index is 2.74. The third-order valence-electron chi connectivity index (χ3n) is 2.88. The van der Waals surface area contributed by atoms with Crippen LogP contribution in [0.5, 0.6) is 0 Å². The molecule has 1 aromatic heterocycles. The molecule has 0 unspecified atom stereocenters. The van der Waals surface area contributed by atoms with Crippen molar-refractivity contribution in [3.05, 3.63) is 61.4 Å². The van der Waals surface area contributed by atoms with Gasteiger partial charge in [-0.15, -0.1) is 0 Å². The lowest BCUT2D eigenvalue weighted by Crippen LogP contribution is -2.23. The monoisotopic (exact) mass is 355 g/mol. The van der Waals surface area contributed by atoms with E-state index in [9.17, 15) is 9.59 Å². The predicted molar refractivity (Wildman–Crippen MR) is 80.8 cm³/mol. The number of halogens is 2. The molecule has 0 fully saturated rings. The Morgan fingerprint density at radius 3 is 2.45 bits per heavy atom. The van der Waals surface area contributed by atoms with Crippen LogP contribution in [0.2, 0.25) is 5.02 Å². The highest BCUT2D eigenvalue weighted by Crippen LogP contribution is 2.21. The Bertz CT molecular complexity index is 722. The second kappa shape index (κ2) is 5.81. The Hall–Kier alpha value is -1.59. The molecule has 20 heavy (non-hydrogen) atoms. The third-order valence-corrected chi connectivity index (χ3v) is 3.71. The van der Waals surface area contributed by atoms with Gasteiger partial charge in [-0.1, -0.05) is 27.5 Å². The normalized spacial score (nSPS) is 10.4. The van der Waals surface area contributed by atoms with E-state index in [0.717, 1.165) is 4.47 Å². The van der Waals surface area contributed by atoms with E-state index in [1.807, 2.05) is 12.1 Å². The highest BCUT2D eigenvalue weighted by molar-refractivity contribution is 9.10. The number of benzene rings is 1. The zero-order chi connectivity index (χ0) is 14.9. The number of methoxy groups -OCH3 is 1. The lowest BCUT2D eigenvalue weighted by Gasteiger charge is -2.14. The molecule has 0 bridgehead atoms. The molecule has 0 aliphatic carbocycles. The molecule has 0 saturated carbocycles. The largest absolute Gasteiger partial charge is 0.465 e. The minimum atomic E-state index is -0.571. The average Bonchev–Trinajstić information content (AvgIpc) is 2.40. The van der Waals surface area contributed by atoms with Crippen molar-refractivity contribution in [1.82, 2.24) is 4.57 Å². The fourth-order valence-electron chi connectivity index (χ4n) is 1.95. The van der Waals surface area contributed by atoms with Crippen LogP contribution >= 0.6 is 27.5 Å². The first-order valence-corrected chi connectivity index (χ1v) is 6.89. The summed E-state index contributed by atoms with van der Waals surface area (Å²) in [5.74, 6) is -0.571. The van der Waals surface area contributed by atoms with Gasteiger partial charge in [0.1, 0.15) is 0 Å². The minimum Gasteiger partial charge on any atom is -0.465 e. The van der Waals surface area contributed by atoms with Gasteiger partial charge in [0.2, 0.25) is 0 Å². The van der Waals surface area contributed by atoms with Crippen molar-refractivity contribution >= 4 is 33.5 Å². The molecular weight excluding hydrogens is 346 g/mol. The Labute approximate surface area is 129 Å². The Morgan fingerprint density at radius 1 is 1.30 bits per heavy atom. The van der Waals surface area contributed by atoms with Crippen LogP contribution in [0.15, 0.2) is 39.6 Å². The number of rotatable bonds is 2. The quantitative estimate of drug-likeness (QED) is 0.775. The smallest absolute Gasteiger partial charge is 0.341 e. The van der Waals surface area contributed by atoms with Gasteiger partial charge >= 0.3 is 5.97 Å². The molecule has 0 amide bonds. The summed E-state index contributed by atoms with van der Waals surface area (Å²) in [4.78, 5) is 23.9. The maximum absolute atomic E-state index is 12.1. The van der Waals surface area contributed by atoms with E-state index in [1.165, 1.54) is 17.7 Å². The average molecular weight is 357 g/mol. The predicted octanol–water partition coefficient (Wildman–Crippen LogP) is 3.35. The van der Waals surface area contributed by atoms with Crippen LogP contribution in [0.1, 0.15) is 16.1 Å². The van der Waals surface area contributed by atoms with Crippen LogP contribution in [0.3, 0.4) is 0 Å². The molecule has 0 saturated heterocycles. The van der Waals surface area contributed by atoms with Crippen LogP contribution in [0.4, 0.5) is 0 Å². The molecule has 1 heterocycles. The molecule has 104 valence electrons. The maximum Gasteiger partial charge on any atom is 0.341 e. The van der Waals surface area contributed by atoms with Gasteiger partial charge in [-0.3, -0.25) is 9.36 Å². The summed E-state index contributed by atoms with van der Waals surface area (Å²) in [5, 5.41) is 0.0905. The number of hydrogen-bond acceptors (Lipinski definition) is 3. The van der Waals surface area contributed by atoms with Gasteiger partial charge in [0, 0.05) is 21.9 Å². The topological polar surface area (TPSA) is 48.3 Å². The van der Waals surface area contributed by atoms with Crippen molar-refractivity contribution < 1.29 is 9.53 Å². The van der Waals surface area contributed by atoms with Crippen LogP contribution in [-0.2, 0) is 4.74 Å². The fourth-order valence-corrected chi connectivity index (χ4v) is 2.52. The van der Waals surface area contributed by atoms with Crippen molar-refractivity contribution in [2.24, 2.45) is 0 Å². The van der Waals surface area contributed by atoms with E-state index in [4.69, 9.17) is 16.3 Å². The standard InChI is InChI=1S/C14H11BrClNO3/c1-8-13(14(19)20-2)11(16)7-12(18)17(8)10-5-3-9(15)4-6-10/h3-7H,1-2H3. The molecule has 2 aromatic rings. The molecule has 0 spiro atoms. The van der Waals surface area contributed by atoms with Crippen LogP contribution in [0.25, 0.3) is 5.69 Å². The molecular formula is C14H11BrClNO3. The summed E-state index contributed by atoms with van der Waals surface area (Å²) in [6.07, 6.45) is 0. The fraction of sp³-hybridized carbons (Fsp3) is 0.143. The number of ether oxygens (including phenoxy) is 1. The number of esters is 1. The van der Waals surface area contributed by atoms with Gasteiger partial charge in [0.25, 0.3) is 5.56 Å². The molecule has 0 aliphatic rings. The Kier molecular flexibility index (Phi) is 4.30. The summed E-state index contributed by atoms with van der Waals surface area (Å²) < 4.78 is 7.02. The van der Waals surface area contributed by atoms with Crippen LogP contribution in [0, 0.1) is 6.92 Å². The maximum atomic E-state index is 12.1. The molecule has 4 nitrogen and oxygen atoms in total. The zero-order valence-electron chi connectivity index (χ0n) is 10.8. The van der Waals surface area contributed by atoms with Crippen LogP contribution in [-0.4, -0.2) is 17.6 Å². The minimum absolute atomic E-state index is 0.0905. The molecule has 1 aromatic carbocycles. The summed E-state index contributed by atoms with van der Waals surface area (Å²) in [5.41, 5.74) is 0.980. The second-order valence-corrected chi connectivity index (χ2v) is 5.42. The van der Waals surface area contributed by atoms with E-state index < -0.39 is 5.97 Å². The number of nitrogens with zero attached hydrogens (tertiary/aromatic N) is 1. The van der Waals surface area contributed by atoms with E-state index in [1.54, 1.807) is 19.1 Å². The van der Waals surface area contributed by atoms with Gasteiger partial charge < -0.3 is 4.74 Å². The van der Waals surface area contributed by atoms with Gasteiger partial charge in [0.15, 0.2) is 0 Å². The third kappa shape index (κ3) is 2.64. The number of carbonyl (C=O) groups excluding carboxylic acids is 1. The van der Waals surface area contributed by atoms with Crippen molar-refractivity contribution in [2.45, 2.75) is 6.92 Å². The highest BCUT2D eigenvalue weighted by atomic mass is 79.9. The highest BCUT2D eigenvalue weighted by Gasteiger charge is 2.19. The first-order chi connectivity index (χ1) is 9.45. The molecule has 0 aliphatic heterocycles. The lowest BCUT2D eigenvalue weighted by molar-refractivity contribution is 0.0599. The number of hydrogen-bond donors (Lipinski definition) is 0. The summed E-state index contributed by atoms with van der Waals surface area (Å²) in [7, 11) is 1.27. The van der Waals surface area contributed by atoms with E-state index >= 15 is 0 Å². The van der Waals surface area contributed by atoms with E-state index in [-0.39, 0.29) is 16.1 Å². The number of pyridine rings is 1. The first kappa shape index (κ1) is 14.8.